The minimum atomic E-state index is -1.39. The Hall–Kier alpha value is -6.29. The summed E-state index contributed by atoms with van der Waals surface area (Å²) in [6, 6.07) is 20.1. The highest BCUT2D eigenvalue weighted by atomic mass is 32.1. The first kappa shape index (κ1) is 44.3. The number of aliphatic carboxylic acids is 1. The third-order valence-corrected chi connectivity index (χ3v) is 12.7. The van der Waals surface area contributed by atoms with Gasteiger partial charge in [-0.05, 0) is 103 Å². The van der Waals surface area contributed by atoms with Gasteiger partial charge in [-0.1, -0.05) is 37.3 Å². The number of fused-ring (bicyclic) bond motifs is 1. The van der Waals surface area contributed by atoms with Crippen molar-refractivity contribution in [2.45, 2.75) is 46.3 Å². The van der Waals surface area contributed by atoms with Gasteiger partial charge in [0.15, 0.2) is 17.5 Å². The molecular formula is C49H50F2N6O6S. The topological polar surface area (TPSA) is 132 Å². The number of nitrogens with zero attached hydrogens (tertiary/aromatic N) is 6. The summed E-state index contributed by atoms with van der Waals surface area (Å²) in [6.07, 6.45) is 2.41. The van der Waals surface area contributed by atoms with E-state index >= 15 is 0 Å². The van der Waals surface area contributed by atoms with Crippen LogP contribution in [0, 0.1) is 17.6 Å². The molecule has 3 aromatic heterocycles. The average molecular weight is 889 g/mol. The van der Waals surface area contributed by atoms with Gasteiger partial charge in [-0.25, -0.2) is 23.5 Å². The second-order valence-electron chi connectivity index (χ2n) is 16.1. The molecule has 1 saturated heterocycles. The minimum Gasteiger partial charge on any atom is -0.496 e. The van der Waals surface area contributed by atoms with Crippen LogP contribution in [0.25, 0.3) is 38.3 Å². The third kappa shape index (κ3) is 9.61. The van der Waals surface area contributed by atoms with Crippen LogP contribution in [0.2, 0.25) is 0 Å². The standard InChI is InChI=1S/C49H50F2N6O6S/c1-29-24-40(61-23-22-57-20-18-56(4)19-21-57)30(2)31(3)43(29)45-44-42(27-53-46(45)33-14-15-36(50)37(51)25-33)64-55-48(44)63-41(49(58)59)26-32-10-6-8-12-38(32)62-28-34-16-17-52-47(54-34)35-11-7-9-13-39(35)60-5/h6-17,25,27,29,41H,18-24,26,28H2,1-5H3,(H,58,59)/t29?,41-/m1/s1. The Labute approximate surface area is 375 Å². The van der Waals surface area contributed by atoms with Crippen LogP contribution < -0.4 is 14.2 Å². The number of pyridine rings is 1. The van der Waals surface area contributed by atoms with Gasteiger partial charge >= 0.3 is 5.97 Å². The zero-order valence-corrected chi connectivity index (χ0v) is 37.3. The SMILES string of the molecule is COc1ccccc1-c1nccc(COc2ccccc2C[C@@H](Oc2nsc3cnc(-c4ccc(F)c(F)c4)c(C4=C(C)C(C)=C(OCCN5CCN(C)CC5)CC4C)c23)C(=O)O)n1. The lowest BCUT2D eigenvalue weighted by atomic mass is 9.78. The van der Waals surface area contributed by atoms with Gasteiger partial charge in [0.1, 0.15) is 24.7 Å². The zero-order chi connectivity index (χ0) is 44.9. The number of carbonyl (C=O) groups is 1. The van der Waals surface area contributed by atoms with Crippen LogP contribution in [0.1, 0.15) is 44.0 Å². The second-order valence-corrected chi connectivity index (χ2v) is 16.9. The van der Waals surface area contributed by atoms with Crippen molar-refractivity contribution in [3.8, 4) is 40.0 Å². The van der Waals surface area contributed by atoms with Crippen molar-refractivity contribution in [2.24, 2.45) is 5.92 Å². The molecule has 6 aromatic rings. The lowest BCUT2D eigenvalue weighted by molar-refractivity contribution is -0.145. The van der Waals surface area contributed by atoms with Crippen molar-refractivity contribution in [3.05, 3.63) is 131 Å². The first-order chi connectivity index (χ1) is 31.0. The number of carboxylic acid groups (broad SMARTS) is 1. The maximum Gasteiger partial charge on any atom is 0.345 e. The van der Waals surface area contributed by atoms with Gasteiger partial charge in [0.2, 0.25) is 12.0 Å². The Morgan fingerprint density at radius 3 is 2.47 bits per heavy atom. The van der Waals surface area contributed by atoms with Gasteiger partial charge in [0.05, 0.1) is 39.9 Å². The molecule has 3 aromatic carbocycles. The van der Waals surface area contributed by atoms with E-state index in [2.05, 4.69) is 33.1 Å². The van der Waals surface area contributed by atoms with Crippen molar-refractivity contribution in [3.63, 3.8) is 0 Å². The molecule has 12 nitrogen and oxygen atoms in total. The first-order valence-electron chi connectivity index (χ1n) is 21.2. The number of hydrogen-bond acceptors (Lipinski definition) is 12. The number of ether oxygens (including phenoxy) is 4. The molecule has 0 amide bonds. The van der Waals surface area contributed by atoms with E-state index in [1.165, 1.54) is 6.07 Å². The smallest absolute Gasteiger partial charge is 0.345 e. The molecule has 1 fully saturated rings. The Balaban J connectivity index is 1.11. The van der Waals surface area contributed by atoms with Gasteiger partial charge in [-0.2, -0.15) is 4.37 Å². The van der Waals surface area contributed by atoms with Crippen molar-refractivity contribution >= 4 is 33.2 Å². The number of rotatable bonds is 16. The second kappa shape index (κ2) is 19.6. The van der Waals surface area contributed by atoms with Crippen LogP contribution in [-0.2, 0) is 22.6 Å². The molecule has 15 heteroatoms. The fraction of sp³-hybridized carbons (Fsp3) is 0.327. The molecule has 4 heterocycles. The predicted molar refractivity (Wildman–Crippen MR) is 242 cm³/mol. The first-order valence-corrected chi connectivity index (χ1v) is 22.0. The Morgan fingerprint density at radius 2 is 1.70 bits per heavy atom. The normalized spacial score (nSPS) is 16.6. The maximum absolute atomic E-state index is 14.9. The summed E-state index contributed by atoms with van der Waals surface area (Å²) in [5.74, 6) is -0.715. The van der Waals surface area contributed by atoms with Crippen LogP contribution >= 0.6 is 11.5 Å². The largest absolute Gasteiger partial charge is 0.496 e. The zero-order valence-electron chi connectivity index (χ0n) is 36.4. The molecule has 1 N–H and O–H groups in total. The molecule has 0 spiro atoms. The van der Waals surface area contributed by atoms with Gasteiger partial charge in [0, 0.05) is 69.1 Å². The lowest BCUT2D eigenvalue weighted by Crippen LogP contribution is -2.45. The van der Waals surface area contributed by atoms with E-state index in [1.807, 2.05) is 50.2 Å². The van der Waals surface area contributed by atoms with E-state index in [0.29, 0.717) is 68.5 Å². The number of benzene rings is 3. The van der Waals surface area contributed by atoms with Crippen molar-refractivity contribution in [1.82, 2.24) is 29.1 Å². The van der Waals surface area contributed by atoms with Gasteiger partial charge in [0.25, 0.3) is 0 Å². The monoisotopic (exact) mass is 888 g/mol. The number of methoxy groups -OCH3 is 1. The van der Waals surface area contributed by atoms with E-state index < -0.39 is 23.7 Å². The molecule has 2 aliphatic rings. The van der Waals surface area contributed by atoms with Crippen LogP contribution in [0.15, 0.2) is 102 Å². The van der Waals surface area contributed by atoms with E-state index in [1.54, 1.807) is 37.7 Å². The highest BCUT2D eigenvalue weighted by molar-refractivity contribution is 7.13. The summed E-state index contributed by atoms with van der Waals surface area (Å²) in [6.45, 7) is 11.7. The summed E-state index contributed by atoms with van der Waals surface area (Å²) < 4.78 is 59.2. The quantitative estimate of drug-likeness (QED) is 0.0995. The van der Waals surface area contributed by atoms with Gasteiger partial charge < -0.3 is 29.0 Å². The van der Waals surface area contributed by atoms with E-state index in [4.69, 9.17) is 28.9 Å². The molecule has 2 atom stereocenters. The van der Waals surface area contributed by atoms with Crippen LogP contribution in [0.4, 0.5) is 8.78 Å². The number of aromatic nitrogens is 4. The molecule has 0 radical (unpaired) electrons. The number of allylic oxidation sites excluding steroid dienone is 4. The predicted octanol–water partition coefficient (Wildman–Crippen LogP) is 9.11. The summed E-state index contributed by atoms with van der Waals surface area (Å²) in [5, 5.41) is 11.2. The molecule has 8 rings (SSSR count). The lowest BCUT2D eigenvalue weighted by Gasteiger charge is -2.33. The summed E-state index contributed by atoms with van der Waals surface area (Å²) in [5.41, 5.74) is 6.16. The third-order valence-electron chi connectivity index (χ3n) is 11.9. The highest BCUT2D eigenvalue weighted by Crippen LogP contribution is 2.48. The Morgan fingerprint density at radius 1 is 0.938 bits per heavy atom. The van der Waals surface area contributed by atoms with Crippen LogP contribution in [-0.4, -0.2) is 99.8 Å². The van der Waals surface area contributed by atoms with Gasteiger partial charge in [-0.15, -0.1) is 0 Å². The fourth-order valence-corrected chi connectivity index (χ4v) is 9.01. The number of piperazine rings is 1. The molecule has 332 valence electrons. The average Bonchev–Trinajstić information content (AvgIpc) is 3.71. The van der Waals surface area contributed by atoms with E-state index in [0.717, 1.165) is 84.4 Å². The molecule has 1 aliphatic carbocycles. The number of para-hydroxylation sites is 2. The van der Waals surface area contributed by atoms with Gasteiger partial charge in [-0.3, -0.25) is 9.88 Å². The fourth-order valence-electron chi connectivity index (χ4n) is 8.32. The van der Waals surface area contributed by atoms with Crippen LogP contribution in [0.5, 0.6) is 17.4 Å². The molecular weight excluding hydrogens is 839 g/mol. The Kier molecular flexibility index (Phi) is 13.6. The minimum absolute atomic E-state index is 0.0635. The molecule has 1 unspecified atom stereocenters. The molecule has 1 aliphatic heterocycles. The molecule has 0 bridgehead atoms. The number of halogens is 2. The highest BCUT2D eigenvalue weighted by Gasteiger charge is 2.32. The summed E-state index contributed by atoms with van der Waals surface area (Å²) >= 11 is 1.12. The Bertz CT molecular complexity index is 2730. The molecule has 64 heavy (non-hydrogen) atoms. The van der Waals surface area contributed by atoms with Crippen molar-refractivity contribution in [1.29, 1.82) is 0 Å². The van der Waals surface area contributed by atoms with E-state index in [-0.39, 0.29) is 24.8 Å². The summed E-state index contributed by atoms with van der Waals surface area (Å²) in [4.78, 5) is 31.8. The summed E-state index contributed by atoms with van der Waals surface area (Å²) in [7, 11) is 3.73. The van der Waals surface area contributed by atoms with Crippen LogP contribution in [0.3, 0.4) is 0 Å². The van der Waals surface area contributed by atoms with E-state index in [9.17, 15) is 18.7 Å². The maximum atomic E-state index is 14.9. The van der Waals surface area contributed by atoms with Crippen molar-refractivity contribution < 1.29 is 37.6 Å². The van der Waals surface area contributed by atoms with Crippen molar-refractivity contribution in [2.75, 3.05) is 53.5 Å². The number of hydrogen-bond donors (Lipinski definition) is 1. The number of likely N-dealkylation sites (N-methyl/N-ethyl adjacent to an activating group) is 1. The molecule has 0 saturated carbocycles. The number of carboxylic acids is 1.